The van der Waals surface area contributed by atoms with E-state index >= 15 is 0 Å². The molecule has 0 saturated heterocycles. The molecule has 0 radical (unpaired) electrons. The molecule has 166 valence electrons. The molecule has 1 aliphatic carbocycles. The Balaban J connectivity index is 1.44. The monoisotopic (exact) mass is 451 g/mol. The molecule has 1 aliphatic rings. The molecule has 0 bridgehead atoms. The number of benzene rings is 2. The highest BCUT2D eigenvalue weighted by Crippen LogP contribution is 2.37. The molecule has 1 fully saturated rings. The van der Waals surface area contributed by atoms with Crippen LogP contribution >= 0.6 is 12.2 Å². The molecule has 1 aromatic heterocycles. The quantitative estimate of drug-likeness (QED) is 0.508. The Morgan fingerprint density at radius 1 is 1.00 bits per heavy atom. The molecule has 7 nitrogen and oxygen atoms in total. The highest BCUT2D eigenvalue weighted by atomic mass is 32.1. The van der Waals surface area contributed by atoms with Crippen molar-refractivity contribution in [1.29, 1.82) is 0 Å². The minimum Gasteiger partial charge on any atom is -0.493 e. The van der Waals surface area contributed by atoms with Crippen LogP contribution in [0.15, 0.2) is 48.7 Å². The molecule has 1 amide bonds. The Bertz CT molecular complexity index is 1130. The minimum absolute atomic E-state index is 0.00317. The van der Waals surface area contributed by atoms with Crippen LogP contribution in [0, 0.1) is 5.92 Å². The Hall–Kier alpha value is -3.39. The van der Waals surface area contributed by atoms with Crippen molar-refractivity contribution >= 4 is 39.8 Å². The lowest BCUT2D eigenvalue weighted by Gasteiger charge is -2.14. The maximum absolute atomic E-state index is 12.2. The lowest BCUT2D eigenvalue weighted by Crippen LogP contribution is -2.37. The first-order chi connectivity index (χ1) is 15.6. The van der Waals surface area contributed by atoms with Gasteiger partial charge in [0.2, 0.25) is 5.91 Å². The van der Waals surface area contributed by atoms with Gasteiger partial charge >= 0.3 is 0 Å². The standard InChI is InChI=1S/C24H25N3O4S/c1-29-21-13-18-19(14-22(21)30-2)25-12-11-20(18)31-17-9-7-16(8-10-17)26-24(32)27-23(28)15-5-3-4-6-15/h7-15H,3-6H2,1-2H3,(H2,26,27,28,32). The normalized spacial score (nSPS) is 13.6. The van der Waals surface area contributed by atoms with Gasteiger partial charge in [-0.2, -0.15) is 0 Å². The first kappa shape index (κ1) is 21.8. The number of aromatic nitrogens is 1. The highest BCUT2D eigenvalue weighted by Gasteiger charge is 2.23. The Kier molecular flexibility index (Phi) is 6.70. The van der Waals surface area contributed by atoms with Gasteiger partial charge in [-0.1, -0.05) is 12.8 Å². The molecular formula is C24H25N3O4S. The maximum atomic E-state index is 12.2. The van der Waals surface area contributed by atoms with Crippen LogP contribution in [-0.2, 0) is 4.79 Å². The van der Waals surface area contributed by atoms with Crippen LogP contribution in [0.2, 0.25) is 0 Å². The fourth-order valence-corrected chi connectivity index (χ4v) is 4.05. The molecule has 1 heterocycles. The van der Waals surface area contributed by atoms with Crippen LogP contribution in [0.5, 0.6) is 23.0 Å². The van der Waals surface area contributed by atoms with Crippen molar-refractivity contribution in [2.24, 2.45) is 5.92 Å². The maximum Gasteiger partial charge on any atom is 0.229 e. The van der Waals surface area contributed by atoms with Crippen molar-refractivity contribution in [3.63, 3.8) is 0 Å². The number of carbonyl (C=O) groups excluding carboxylic acids is 1. The van der Waals surface area contributed by atoms with Gasteiger partial charge in [0.1, 0.15) is 11.5 Å². The first-order valence-corrected chi connectivity index (χ1v) is 10.9. The Labute approximate surface area is 192 Å². The molecule has 8 heteroatoms. The number of hydrogen-bond donors (Lipinski definition) is 2. The zero-order chi connectivity index (χ0) is 22.5. The second-order valence-electron chi connectivity index (χ2n) is 7.58. The summed E-state index contributed by atoms with van der Waals surface area (Å²) in [5.74, 6) is 2.58. The van der Waals surface area contributed by atoms with Crippen LogP contribution in [0.1, 0.15) is 25.7 Å². The van der Waals surface area contributed by atoms with Gasteiger partial charge in [0.15, 0.2) is 16.6 Å². The van der Waals surface area contributed by atoms with Crippen molar-refractivity contribution in [3.8, 4) is 23.0 Å². The van der Waals surface area contributed by atoms with E-state index in [4.69, 9.17) is 26.4 Å². The lowest BCUT2D eigenvalue weighted by atomic mass is 10.1. The van der Waals surface area contributed by atoms with Crippen molar-refractivity contribution < 1.29 is 19.0 Å². The fourth-order valence-electron chi connectivity index (χ4n) is 3.83. The van der Waals surface area contributed by atoms with E-state index in [1.807, 2.05) is 36.4 Å². The lowest BCUT2D eigenvalue weighted by molar-refractivity contribution is -0.123. The number of rotatable bonds is 6. The molecule has 0 atom stereocenters. The summed E-state index contributed by atoms with van der Waals surface area (Å²) in [7, 11) is 3.18. The van der Waals surface area contributed by atoms with E-state index in [-0.39, 0.29) is 11.8 Å². The summed E-state index contributed by atoms with van der Waals surface area (Å²) in [5, 5.41) is 6.95. The van der Waals surface area contributed by atoms with E-state index in [9.17, 15) is 4.79 Å². The van der Waals surface area contributed by atoms with Gasteiger partial charge in [-0.3, -0.25) is 9.78 Å². The third-order valence-corrected chi connectivity index (χ3v) is 5.71. The largest absolute Gasteiger partial charge is 0.493 e. The van der Waals surface area contributed by atoms with Crippen molar-refractivity contribution in [2.75, 3.05) is 19.5 Å². The van der Waals surface area contributed by atoms with Crippen molar-refractivity contribution in [2.45, 2.75) is 25.7 Å². The highest BCUT2D eigenvalue weighted by molar-refractivity contribution is 7.80. The average molecular weight is 452 g/mol. The van der Waals surface area contributed by atoms with Gasteiger partial charge in [0, 0.05) is 29.3 Å². The number of carbonyl (C=O) groups is 1. The summed E-state index contributed by atoms with van der Waals surface area (Å²) in [6, 6.07) is 12.8. The average Bonchev–Trinajstić information content (AvgIpc) is 3.35. The number of amides is 1. The number of thiocarbonyl (C=S) groups is 1. The molecule has 32 heavy (non-hydrogen) atoms. The van der Waals surface area contributed by atoms with Gasteiger partial charge in [0.25, 0.3) is 0 Å². The summed E-state index contributed by atoms with van der Waals surface area (Å²) >= 11 is 5.28. The molecular weight excluding hydrogens is 426 g/mol. The first-order valence-electron chi connectivity index (χ1n) is 10.5. The summed E-state index contributed by atoms with van der Waals surface area (Å²) < 4.78 is 16.8. The van der Waals surface area contributed by atoms with Gasteiger partial charge in [0.05, 0.1) is 19.7 Å². The summed E-state index contributed by atoms with van der Waals surface area (Å²) in [6.07, 6.45) is 5.76. The number of ether oxygens (including phenoxy) is 3. The van der Waals surface area contributed by atoms with Crippen molar-refractivity contribution in [1.82, 2.24) is 10.3 Å². The number of fused-ring (bicyclic) bond motifs is 1. The van der Waals surface area contributed by atoms with Crippen LogP contribution < -0.4 is 24.8 Å². The number of hydrogen-bond acceptors (Lipinski definition) is 6. The Morgan fingerprint density at radius 3 is 2.38 bits per heavy atom. The zero-order valence-electron chi connectivity index (χ0n) is 18.0. The van der Waals surface area contributed by atoms with Crippen molar-refractivity contribution in [3.05, 3.63) is 48.7 Å². The number of pyridine rings is 1. The topological polar surface area (TPSA) is 81.7 Å². The summed E-state index contributed by atoms with van der Waals surface area (Å²) in [6.45, 7) is 0. The third kappa shape index (κ3) is 4.91. The molecule has 0 spiro atoms. The summed E-state index contributed by atoms with van der Waals surface area (Å²) in [5.41, 5.74) is 1.50. The molecule has 2 N–H and O–H groups in total. The predicted molar refractivity (Wildman–Crippen MR) is 128 cm³/mol. The van der Waals surface area contributed by atoms with Gasteiger partial charge in [-0.15, -0.1) is 0 Å². The number of methoxy groups -OCH3 is 2. The molecule has 4 rings (SSSR count). The van der Waals surface area contributed by atoms with Crippen LogP contribution in [0.3, 0.4) is 0 Å². The second-order valence-corrected chi connectivity index (χ2v) is 7.99. The molecule has 1 saturated carbocycles. The zero-order valence-corrected chi connectivity index (χ0v) is 18.8. The smallest absolute Gasteiger partial charge is 0.229 e. The Morgan fingerprint density at radius 2 is 1.69 bits per heavy atom. The van der Waals surface area contributed by atoms with E-state index in [0.717, 1.165) is 42.3 Å². The number of nitrogens with one attached hydrogen (secondary N) is 2. The van der Waals surface area contributed by atoms with E-state index in [1.165, 1.54) is 0 Å². The van der Waals surface area contributed by atoms with Gasteiger partial charge in [-0.25, -0.2) is 0 Å². The molecule has 0 unspecified atom stereocenters. The predicted octanol–water partition coefficient (Wildman–Crippen LogP) is 5.05. The minimum atomic E-state index is -0.00317. The second kappa shape index (κ2) is 9.82. The van der Waals surface area contributed by atoms with E-state index in [1.54, 1.807) is 26.5 Å². The number of nitrogens with zero attached hydrogens (tertiary/aromatic N) is 1. The van der Waals surface area contributed by atoms with Crippen LogP contribution in [-0.4, -0.2) is 30.2 Å². The van der Waals surface area contributed by atoms with Gasteiger partial charge < -0.3 is 24.8 Å². The SMILES string of the molecule is COc1cc2nccc(Oc3ccc(NC(=S)NC(=O)C4CCCC4)cc3)c2cc1OC. The fraction of sp³-hybridized carbons (Fsp3) is 0.292. The van der Waals surface area contributed by atoms with E-state index < -0.39 is 0 Å². The molecule has 2 aromatic carbocycles. The number of anilines is 1. The molecule has 0 aliphatic heterocycles. The van der Waals surface area contributed by atoms with Gasteiger partial charge in [-0.05, 0) is 61.5 Å². The molecule has 3 aromatic rings. The van der Waals surface area contributed by atoms with Crippen LogP contribution in [0.4, 0.5) is 5.69 Å². The van der Waals surface area contributed by atoms with Crippen LogP contribution in [0.25, 0.3) is 10.9 Å². The summed E-state index contributed by atoms with van der Waals surface area (Å²) in [4.78, 5) is 16.6. The third-order valence-electron chi connectivity index (χ3n) is 5.51. The van der Waals surface area contributed by atoms with E-state index in [2.05, 4.69) is 15.6 Å². The van der Waals surface area contributed by atoms with E-state index in [0.29, 0.717) is 28.1 Å².